The molecule has 224 valence electrons. The van der Waals surface area contributed by atoms with E-state index in [2.05, 4.69) is 15.5 Å². The summed E-state index contributed by atoms with van der Waals surface area (Å²) >= 11 is 0. The highest BCUT2D eigenvalue weighted by molar-refractivity contribution is 6.05. The number of hydrogen-bond acceptors (Lipinski definition) is 7. The van der Waals surface area contributed by atoms with E-state index in [-0.39, 0.29) is 58.5 Å². The van der Waals surface area contributed by atoms with Gasteiger partial charge in [0, 0.05) is 23.2 Å². The number of alkyl halides is 2. The van der Waals surface area contributed by atoms with Crippen LogP contribution in [0, 0.1) is 12.8 Å². The average molecular weight is 585 g/mol. The third-order valence-corrected chi connectivity index (χ3v) is 7.27. The highest BCUT2D eigenvalue weighted by atomic mass is 19.3. The minimum absolute atomic E-state index is 0.0375. The number of primary amides is 1. The van der Waals surface area contributed by atoms with Crippen molar-refractivity contribution in [3.05, 3.63) is 53.3 Å². The third kappa shape index (κ3) is 6.01. The largest absolute Gasteiger partial charge is 0.491 e. The van der Waals surface area contributed by atoms with Gasteiger partial charge in [-0.2, -0.15) is 13.9 Å². The van der Waals surface area contributed by atoms with Gasteiger partial charge in [0.25, 0.3) is 11.8 Å². The molecule has 0 bridgehead atoms. The Morgan fingerprint density at radius 2 is 1.93 bits per heavy atom. The minimum atomic E-state index is -2.96. The molecule has 42 heavy (non-hydrogen) atoms. The molecular weight excluding hydrogens is 550 g/mol. The summed E-state index contributed by atoms with van der Waals surface area (Å²) < 4.78 is 41.2. The molecule has 11 nitrogen and oxygen atoms in total. The number of fused-ring (bicyclic) bond motifs is 2. The zero-order chi connectivity index (χ0) is 30.3. The number of pyridine rings is 1. The second-order valence-corrected chi connectivity index (χ2v) is 11.5. The van der Waals surface area contributed by atoms with Gasteiger partial charge in [0.05, 0.1) is 16.6 Å². The lowest BCUT2D eigenvalue weighted by Gasteiger charge is -2.36. The first kappa shape index (κ1) is 29.2. The van der Waals surface area contributed by atoms with Crippen LogP contribution in [0.25, 0.3) is 16.4 Å². The molecule has 1 aliphatic rings. The number of benzene rings is 1. The number of hydrogen-bond donors (Lipinski definition) is 3. The molecule has 0 saturated heterocycles. The van der Waals surface area contributed by atoms with Crippen LogP contribution in [0.1, 0.15) is 73.1 Å². The Morgan fingerprint density at radius 3 is 2.60 bits per heavy atom. The fourth-order valence-electron chi connectivity index (χ4n) is 5.25. The smallest absolute Gasteiger partial charge is 0.333 e. The van der Waals surface area contributed by atoms with Gasteiger partial charge in [-0.05, 0) is 77.1 Å². The quantitative estimate of drug-likeness (QED) is 0.242. The Kier molecular flexibility index (Phi) is 7.80. The molecule has 4 aromatic rings. The van der Waals surface area contributed by atoms with Crippen LogP contribution < -0.4 is 20.5 Å². The second kappa shape index (κ2) is 11.2. The average Bonchev–Trinajstić information content (AvgIpc) is 3.45. The third-order valence-electron chi connectivity index (χ3n) is 7.27. The predicted octanol–water partition coefficient (Wildman–Crippen LogP) is 4.00. The van der Waals surface area contributed by atoms with E-state index in [1.165, 1.54) is 12.1 Å². The summed E-state index contributed by atoms with van der Waals surface area (Å²) in [5, 5.41) is 21.3. The number of aryl methyl sites for hydroxylation is 1. The van der Waals surface area contributed by atoms with Gasteiger partial charge in [0.1, 0.15) is 24.0 Å². The molecule has 5 rings (SSSR count). The summed E-state index contributed by atoms with van der Waals surface area (Å²) in [6.45, 7) is 3.85. The summed E-state index contributed by atoms with van der Waals surface area (Å²) in [4.78, 5) is 25.2. The minimum Gasteiger partial charge on any atom is -0.491 e. The summed E-state index contributed by atoms with van der Waals surface area (Å²) in [6, 6.07) is 9.63. The van der Waals surface area contributed by atoms with Crippen LogP contribution in [0.3, 0.4) is 0 Å². The van der Waals surface area contributed by atoms with Gasteiger partial charge in [-0.3, -0.25) is 9.59 Å². The van der Waals surface area contributed by atoms with Crippen molar-refractivity contribution in [1.29, 1.82) is 0 Å². The molecule has 1 saturated carbocycles. The fraction of sp³-hybridized carbons (Fsp3) is 0.448. The molecule has 1 aromatic carbocycles. The lowest BCUT2D eigenvalue weighted by atomic mass is 9.78. The van der Waals surface area contributed by atoms with Gasteiger partial charge in [-0.15, -0.1) is 5.10 Å². The first-order chi connectivity index (χ1) is 19.8. The van der Waals surface area contributed by atoms with Crippen LogP contribution in [0.15, 0.2) is 36.4 Å². The number of nitrogens with one attached hydrogen (secondary N) is 1. The number of nitrogens with zero attached hydrogens (tertiary/aromatic N) is 4. The zero-order valence-corrected chi connectivity index (χ0v) is 23.8. The van der Waals surface area contributed by atoms with E-state index in [0.29, 0.717) is 29.5 Å². The maximum atomic E-state index is 13.8. The predicted molar refractivity (Wildman–Crippen MR) is 150 cm³/mol. The summed E-state index contributed by atoms with van der Waals surface area (Å²) in [7, 11) is 0. The van der Waals surface area contributed by atoms with E-state index in [1.807, 2.05) is 26.0 Å². The molecule has 0 aliphatic heterocycles. The highest BCUT2D eigenvalue weighted by Gasteiger charge is 2.34. The van der Waals surface area contributed by atoms with Gasteiger partial charge in [0.2, 0.25) is 5.88 Å². The standard InChI is InChI=1S/C29H34F2N6O5/c1-15(10-17-11-19(12-17)42-27-23(25(32)38)21-7-5-6-16(2)36(21)35-27)33-26(39)24-20-9-8-18(41-14-29(3,4)40)13-22(20)37(34-24)28(30)31/h5-9,13,15,17,19,28,40H,10-12,14H2,1-4H3,(H2,32,38)(H,33,39)/t15-,17?,19?/m0/s1. The molecule has 1 fully saturated rings. The van der Waals surface area contributed by atoms with Crippen molar-refractivity contribution < 1.29 is 33.0 Å². The highest BCUT2D eigenvalue weighted by Crippen LogP contribution is 2.36. The summed E-state index contributed by atoms with van der Waals surface area (Å²) in [5.41, 5.74) is 6.12. The number of amides is 2. The Labute approximate surface area is 240 Å². The molecule has 1 atom stereocenters. The van der Waals surface area contributed by atoms with Crippen molar-refractivity contribution in [3.8, 4) is 11.6 Å². The topological polar surface area (TPSA) is 146 Å². The maximum Gasteiger partial charge on any atom is 0.333 e. The van der Waals surface area contributed by atoms with Crippen molar-refractivity contribution in [2.24, 2.45) is 11.7 Å². The SMILES string of the molecule is Cc1cccc2c(C(N)=O)c(OC3CC(C[C@H](C)NC(=O)c4nn(C(F)F)c5cc(OCC(C)(C)O)ccc45)C3)nn12. The Morgan fingerprint density at radius 1 is 1.19 bits per heavy atom. The normalized spacial score (nSPS) is 17.8. The molecule has 0 unspecified atom stereocenters. The number of aromatic nitrogens is 4. The van der Waals surface area contributed by atoms with Crippen LogP contribution >= 0.6 is 0 Å². The molecule has 0 radical (unpaired) electrons. The van der Waals surface area contributed by atoms with E-state index in [0.717, 1.165) is 5.69 Å². The molecule has 3 aromatic heterocycles. The molecule has 1 aliphatic carbocycles. The van der Waals surface area contributed by atoms with E-state index < -0.39 is 24.0 Å². The Hall–Kier alpha value is -4.26. The summed E-state index contributed by atoms with van der Waals surface area (Å²) in [6.07, 6.45) is 1.88. The summed E-state index contributed by atoms with van der Waals surface area (Å²) in [5.74, 6) is -0.452. The van der Waals surface area contributed by atoms with Gasteiger partial charge in [-0.1, -0.05) is 6.07 Å². The van der Waals surface area contributed by atoms with E-state index in [9.17, 15) is 23.5 Å². The van der Waals surface area contributed by atoms with Crippen LogP contribution in [-0.2, 0) is 0 Å². The number of carbonyl (C=O) groups is 2. The number of carbonyl (C=O) groups excluding carboxylic acids is 2. The van der Waals surface area contributed by atoms with Crippen molar-refractivity contribution in [2.45, 2.75) is 71.3 Å². The van der Waals surface area contributed by atoms with Crippen LogP contribution in [0.2, 0.25) is 0 Å². The van der Waals surface area contributed by atoms with Crippen molar-refractivity contribution in [3.63, 3.8) is 0 Å². The lowest BCUT2D eigenvalue weighted by molar-refractivity contribution is 0.0284. The monoisotopic (exact) mass is 584 g/mol. The van der Waals surface area contributed by atoms with Gasteiger partial charge in [0.15, 0.2) is 5.69 Å². The number of ether oxygens (including phenoxy) is 2. The van der Waals surface area contributed by atoms with Gasteiger partial charge >= 0.3 is 6.55 Å². The van der Waals surface area contributed by atoms with Gasteiger partial charge in [-0.25, -0.2) is 9.20 Å². The zero-order valence-electron chi connectivity index (χ0n) is 23.8. The molecule has 0 spiro atoms. The molecule has 4 N–H and O–H groups in total. The number of nitrogens with two attached hydrogens (primary N) is 1. The van der Waals surface area contributed by atoms with Gasteiger partial charge < -0.3 is 25.6 Å². The van der Waals surface area contributed by atoms with E-state index in [4.69, 9.17) is 15.2 Å². The molecular formula is C29H34F2N6O5. The van der Waals surface area contributed by atoms with E-state index in [1.54, 1.807) is 30.5 Å². The van der Waals surface area contributed by atoms with Crippen LogP contribution in [-0.4, -0.2) is 60.7 Å². The Balaban J connectivity index is 1.20. The number of aliphatic hydroxyl groups is 1. The lowest BCUT2D eigenvalue weighted by Crippen LogP contribution is -2.40. The molecule has 2 amide bonds. The first-order valence-corrected chi connectivity index (χ1v) is 13.7. The van der Waals surface area contributed by atoms with Crippen LogP contribution in [0.5, 0.6) is 11.6 Å². The maximum absolute atomic E-state index is 13.8. The molecule has 13 heteroatoms. The molecule has 3 heterocycles. The Bertz CT molecular complexity index is 1640. The van der Waals surface area contributed by atoms with Crippen molar-refractivity contribution >= 4 is 28.2 Å². The van der Waals surface area contributed by atoms with Crippen molar-refractivity contribution in [1.82, 2.24) is 24.7 Å². The van der Waals surface area contributed by atoms with Crippen LogP contribution in [0.4, 0.5) is 8.78 Å². The van der Waals surface area contributed by atoms with Crippen molar-refractivity contribution in [2.75, 3.05) is 6.61 Å². The number of rotatable bonds is 11. The first-order valence-electron chi connectivity index (χ1n) is 13.7. The number of halogens is 2. The second-order valence-electron chi connectivity index (χ2n) is 11.5. The van der Waals surface area contributed by atoms with E-state index >= 15 is 0 Å². The fourth-order valence-corrected chi connectivity index (χ4v) is 5.25.